The molecule has 0 bridgehead atoms. The molecule has 0 aromatic carbocycles. The van der Waals surface area contributed by atoms with Gasteiger partial charge in [0.1, 0.15) is 6.04 Å². The third-order valence-electron chi connectivity index (χ3n) is 5.84. The number of carbonyl (C=O) groups is 4. The number of hydrogen-bond acceptors (Lipinski definition) is 5. The lowest BCUT2D eigenvalue weighted by atomic mass is 9.72. The maximum atomic E-state index is 12.9. The Balaban J connectivity index is 1.70. The zero-order valence-corrected chi connectivity index (χ0v) is 17.0. The number of amides is 4. The molecule has 0 aromatic heterocycles. The van der Waals surface area contributed by atoms with Crippen molar-refractivity contribution in [3.8, 4) is 0 Å². The number of nitrogens with zero attached hydrogens (tertiary/aromatic N) is 2. The molecule has 2 heterocycles. The number of carbonyl (C=O) groups excluding carboxylic acids is 4. The van der Waals surface area contributed by atoms with Gasteiger partial charge in [0.15, 0.2) is 6.61 Å². The van der Waals surface area contributed by atoms with E-state index in [0.717, 1.165) is 19.3 Å². The van der Waals surface area contributed by atoms with Gasteiger partial charge < -0.3 is 10.2 Å². The fraction of sp³-hybridized carbons (Fsp3) is 0.800. The topological polar surface area (TPSA) is 96.0 Å². The van der Waals surface area contributed by atoms with Gasteiger partial charge >= 0.3 is 0 Å². The van der Waals surface area contributed by atoms with Crippen LogP contribution in [0, 0.1) is 11.8 Å². The molecular weight excluding hydrogens is 362 g/mol. The number of hydrogen-bond donors (Lipinski definition) is 1. The van der Waals surface area contributed by atoms with Crippen molar-refractivity contribution in [3.63, 3.8) is 0 Å². The molecule has 8 nitrogen and oxygen atoms in total. The molecule has 3 aliphatic rings. The Morgan fingerprint density at radius 1 is 1.07 bits per heavy atom. The SMILES string of the molecule is CC(C)(C)NC(=O)[C@@H]1CC2CCCCC2CN1C(=O)CON1C(=O)CCC1=O. The van der Waals surface area contributed by atoms with E-state index >= 15 is 0 Å². The first-order valence-electron chi connectivity index (χ1n) is 10.3. The van der Waals surface area contributed by atoms with Crippen molar-refractivity contribution in [1.29, 1.82) is 0 Å². The Hall–Kier alpha value is -1.96. The lowest BCUT2D eigenvalue weighted by Crippen LogP contribution is -2.59. The fourth-order valence-electron chi connectivity index (χ4n) is 4.51. The van der Waals surface area contributed by atoms with Crippen LogP contribution in [0.2, 0.25) is 0 Å². The minimum absolute atomic E-state index is 0.108. The minimum atomic E-state index is -0.542. The van der Waals surface area contributed by atoms with Gasteiger partial charge in [-0.15, -0.1) is 0 Å². The van der Waals surface area contributed by atoms with Gasteiger partial charge in [0.05, 0.1) is 0 Å². The second kappa shape index (κ2) is 8.19. The predicted molar refractivity (Wildman–Crippen MR) is 101 cm³/mol. The summed E-state index contributed by atoms with van der Waals surface area (Å²) >= 11 is 0. The largest absolute Gasteiger partial charge is 0.350 e. The van der Waals surface area contributed by atoms with E-state index in [2.05, 4.69) is 5.32 Å². The van der Waals surface area contributed by atoms with E-state index in [9.17, 15) is 19.2 Å². The van der Waals surface area contributed by atoms with Crippen LogP contribution in [0.5, 0.6) is 0 Å². The molecule has 0 spiro atoms. The summed E-state index contributed by atoms with van der Waals surface area (Å²) in [7, 11) is 0. The smallest absolute Gasteiger partial charge is 0.254 e. The zero-order valence-electron chi connectivity index (χ0n) is 17.0. The fourth-order valence-corrected chi connectivity index (χ4v) is 4.51. The number of piperidine rings is 1. The molecule has 3 rings (SSSR count). The van der Waals surface area contributed by atoms with E-state index in [1.54, 1.807) is 4.90 Å². The van der Waals surface area contributed by atoms with Crippen molar-refractivity contribution in [1.82, 2.24) is 15.3 Å². The monoisotopic (exact) mass is 393 g/mol. The molecule has 8 heteroatoms. The van der Waals surface area contributed by atoms with Crippen LogP contribution in [-0.2, 0) is 24.0 Å². The molecule has 0 aromatic rings. The Kier molecular flexibility index (Phi) is 6.07. The molecule has 2 saturated heterocycles. The van der Waals surface area contributed by atoms with E-state index in [-0.39, 0.29) is 30.2 Å². The lowest BCUT2D eigenvalue weighted by Gasteiger charge is -2.46. The molecule has 3 atom stereocenters. The number of fused-ring (bicyclic) bond motifs is 1. The third-order valence-corrected chi connectivity index (χ3v) is 5.84. The summed E-state index contributed by atoms with van der Waals surface area (Å²) in [6, 6.07) is -0.542. The second-order valence-corrected chi connectivity index (χ2v) is 9.20. The van der Waals surface area contributed by atoms with Crippen molar-refractivity contribution < 1.29 is 24.0 Å². The molecule has 3 fully saturated rings. The highest BCUT2D eigenvalue weighted by Crippen LogP contribution is 2.38. The normalized spacial score (nSPS) is 28.3. The molecule has 1 N–H and O–H groups in total. The van der Waals surface area contributed by atoms with Crippen molar-refractivity contribution in [2.24, 2.45) is 11.8 Å². The van der Waals surface area contributed by atoms with E-state index in [0.29, 0.717) is 29.9 Å². The molecule has 28 heavy (non-hydrogen) atoms. The maximum Gasteiger partial charge on any atom is 0.254 e. The first kappa shape index (κ1) is 20.8. The molecule has 0 radical (unpaired) electrons. The number of imide groups is 1. The number of hydroxylamine groups is 2. The molecule has 2 unspecified atom stereocenters. The average molecular weight is 393 g/mol. The number of rotatable bonds is 4. The van der Waals surface area contributed by atoms with Gasteiger partial charge in [0, 0.05) is 24.9 Å². The summed E-state index contributed by atoms with van der Waals surface area (Å²) in [4.78, 5) is 56.0. The van der Waals surface area contributed by atoms with Gasteiger partial charge in [-0.25, -0.2) is 0 Å². The number of nitrogens with one attached hydrogen (secondary N) is 1. The van der Waals surface area contributed by atoms with Crippen LogP contribution in [0.25, 0.3) is 0 Å². The standard InChI is InChI=1S/C20H31N3O5/c1-20(2,3)21-19(27)15-10-13-6-4-5-7-14(13)11-22(15)18(26)12-28-23-16(24)8-9-17(23)25/h13-15H,4-12H2,1-3H3,(H,21,27)/t13?,14?,15-/m0/s1. The van der Waals surface area contributed by atoms with Crippen LogP contribution in [-0.4, -0.2) is 58.3 Å². The zero-order chi connectivity index (χ0) is 20.5. The Bertz CT molecular complexity index is 641. The van der Waals surface area contributed by atoms with Gasteiger partial charge in [-0.2, -0.15) is 5.06 Å². The summed E-state index contributed by atoms with van der Waals surface area (Å²) < 4.78 is 0. The molecule has 4 amide bonds. The molecule has 156 valence electrons. The summed E-state index contributed by atoms with van der Waals surface area (Å²) in [6.07, 6.45) is 5.35. The van der Waals surface area contributed by atoms with Crippen LogP contribution in [0.3, 0.4) is 0 Å². The van der Waals surface area contributed by atoms with Gasteiger partial charge in [-0.05, 0) is 45.4 Å². The lowest BCUT2D eigenvalue weighted by molar-refractivity contribution is -0.192. The highest BCUT2D eigenvalue weighted by Gasteiger charge is 2.43. The summed E-state index contributed by atoms with van der Waals surface area (Å²) in [6.45, 7) is 5.86. The van der Waals surface area contributed by atoms with Gasteiger partial charge in [-0.1, -0.05) is 19.3 Å². The summed E-state index contributed by atoms with van der Waals surface area (Å²) in [5, 5.41) is 3.68. The Labute approximate surface area is 165 Å². The molecule has 1 aliphatic carbocycles. The highest BCUT2D eigenvalue weighted by atomic mass is 16.7. The van der Waals surface area contributed by atoms with Crippen molar-refractivity contribution in [2.75, 3.05) is 13.2 Å². The van der Waals surface area contributed by atoms with Gasteiger partial charge in [0.25, 0.3) is 17.7 Å². The Morgan fingerprint density at radius 3 is 2.29 bits per heavy atom. The maximum absolute atomic E-state index is 12.9. The minimum Gasteiger partial charge on any atom is -0.350 e. The second-order valence-electron chi connectivity index (χ2n) is 9.20. The molecule has 2 aliphatic heterocycles. The predicted octanol–water partition coefficient (Wildman–Crippen LogP) is 1.39. The Morgan fingerprint density at radius 2 is 1.68 bits per heavy atom. The van der Waals surface area contributed by atoms with Crippen LogP contribution >= 0.6 is 0 Å². The molecule has 1 saturated carbocycles. The molecular formula is C20H31N3O5. The quantitative estimate of drug-likeness (QED) is 0.728. The average Bonchev–Trinajstić information content (AvgIpc) is 2.95. The van der Waals surface area contributed by atoms with E-state index in [4.69, 9.17) is 4.84 Å². The van der Waals surface area contributed by atoms with E-state index in [1.165, 1.54) is 6.42 Å². The van der Waals surface area contributed by atoms with Gasteiger partial charge in [0.2, 0.25) is 5.91 Å². The number of likely N-dealkylation sites (tertiary alicyclic amines) is 1. The first-order valence-corrected chi connectivity index (χ1v) is 10.3. The highest BCUT2D eigenvalue weighted by molar-refractivity contribution is 6.00. The summed E-state index contributed by atoms with van der Waals surface area (Å²) in [5.41, 5.74) is -0.389. The third kappa shape index (κ3) is 4.71. The first-order chi connectivity index (χ1) is 13.2. The van der Waals surface area contributed by atoms with Crippen LogP contribution < -0.4 is 5.32 Å². The summed E-state index contributed by atoms with van der Waals surface area (Å²) in [5.74, 6) is -0.511. The van der Waals surface area contributed by atoms with Crippen molar-refractivity contribution in [2.45, 2.75) is 77.3 Å². The van der Waals surface area contributed by atoms with Crippen LogP contribution in [0.15, 0.2) is 0 Å². The van der Waals surface area contributed by atoms with E-state index in [1.807, 2.05) is 20.8 Å². The van der Waals surface area contributed by atoms with Crippen LogP contribution in [0.1, 0.15) is 65.7 Å². The van der Waals surface area contributed by atoms with Crippen molar-refractivity contribution in [3.05, 3.63) is 0 Å². The van der Waals surface area contributed by atoms with Crippen LogP contribution in [0.4, 0.5) is 0 Å². The van der Waals surface area contributed by atoms with Crippen molar-refractivity contribution >= 4 is 23.6 Å². The van der Waals surface area contributed by atoms with E-state index < -0.39 is 24.5 Å². The van der Waals surface area contributed by atoms with Gasteiger partial charge in [-0.3, -0.25) is 24.0 Å².